The summed E-state index contributed by atoms with van der Waals surface area (Å²) in [5.41, 5.74) is 5.28. The maximum Gasteiger partial charge on any atom is 0.343 e. The Balaban J connectivity index is 1.48. The van der Waals surface area contributed by atoms with Crippen molar-refractivity contribution in [3.8, 4) is 22.6 Å². The summed E-state index contributed by atoms with van der Waals surface area (Å²) in [6.45, 7) is 0.941. The summed E-state index contributed by atoms with van der Waals surface area (Å²) in [4.78, 5) is 28.5. The molecule has 1 aliphatic carbocycles. The van der Waals surface area contributed by atoms with E-state index >= 15 is 0 Å². The fraction of sp³-hybridized carbons (Fsp3) is 0.161. The van der Waals surface area contributed by atoms with Crippen LogP contribution in [0.1, 0.15) is 43.4 Å². The molecule has 1 atom stereocenters. The SMILES string of the molecule is CN1CCc2cccc3c2[C@H]1Cc1ccc(OC(=O)c2ccc(F)cc2)c(OC(=O)c2ccc(F)cc2)c1-3. The number of nitrogens with zero attached hydrogens (tertiary/aromatic N) is 1. The Hall–Kier alpha value is -4.36. The Kier molecular flexibility index (Phi) is 6.00. The number of halogens is 2. The molecule has 0 N–H and O–H groups in total. The quantitative estimate of drug-likeness (QED) is 0.243. The molecule has 0 bridgehead atoms. The average Bonchev–Trinajstić information content (AvgIpc) is 2.92. The Labute approximate surface area is 218 Å². The highest BCUT2D eigenvalue weighted by molar-refractivity contribution is 5.96. The first-order valence-corrected chi connectivity index (χ1v) is 12.3. The van der Waals surface area contributed by atoms with Crippen LogP contribution in [0.5, 0.6) is 11.5 Å². The fourth-order valence-electron chi connectivity index (χ4n) is 5.32. The van der Waals surface area contributed by atoms with Gasteiger partial charge in [0.25, 0.3) is 0 Å². The van der Waals surface area contributed by atoms with E-state index < -0.39 is 23.6 Å². The van der Waals surface area contributed by atoms with E-state index in [1.807, 2.05) is 18.2 Å². The van der Waals surface area contributed by atoms with Crippen molar-refractivity contribution >= 4 is 11.9 Å². The molecule has 6 rings (SSSR count). The predicted octanol–water partition coefficient (Wildman–Crippen LogP) is 6.16. The second-order valence-corrected chi connectivity index (χ2v) is 9.55. The van der Waals surface area contributed by atoms with Crippen molar-refractivity contribution in [1.29, 1.82) is 0 Å². The number of benzene rings is 4. The molecule has 0 unspecified atom stereocenters. The monoisotopic (exact) mass is 511 g/mol. The maximum absolute atomic E-state index is 13.5. The van der Waals surface area contributed by atoms with Crippen molar-refractivity contribution in [3.63, 3.8) is 0 Å². The molecular weight excluding hydrogens is 488 g/mol. The highest BCUT2D eigenvalue weighted by atomic mass is 19.1. The molecule has 2 aliphatic rings. The highest BCUT2D eigenvalue weighted by Gasteiger charge is 2.35. The van der Waals surface area contributed by atoms with Crippen LogP contribution in [-0.4, -0.2) is 30.4 Å². The van der Waals surface area contributed by atoms with Crippen molar-refractivity contribution in [2.45, 2.75) is 18.9 Å². The van der Waals surface area contributed by atoms with Gasteiger partial charge in [-0.3, -0.25) is 4.90 Å². The number of rotatable bonds is 4. The molecule has 0 amide bonds. The lowest BCUT2D eigenvalue weighted by molar-refractivity contribution is 0.0683. The van der Waals surface area contributed by atoms with Crippen molar-refractivity contribution in [2.24, 2.45) is 0 Å². The Bertz CT molecular complexity index is 1560. The normalized spacial score (nSPS) is 15.8. The van der Waals surface area contributed by atoms with E-state index in [1.165, 1.54) is 59.7 Å². The lowest BCUT2D eigenvalue weighted by Gasteiger charge is -2.40. The second kappa shape index (κ2) is 9.50. The first-order valence-electron chi connectivity index (χ1n) is 12.3. The van der Waals surface area contributed by atoms with E-state index in [2.05, 4.69) is 18.0 Å². The molecule has 4 aromatic rings. The van der Waals surface area contributed by atoms with E-state index in [-0.39, 0.29) is 28.7 Å². The van der Waals surface area contributed by atoms with Gasteiger partial charge in [0.05, 0.1) is 11.1 Å². The predicted molar refractivity (Wildman–Crippen MR) is 137 cm³/mol. The van der Waals surface area contributed by atoms with Crippen LogP contribution in [-0.2, 0) is 12.8 Å². The molecule has 0 radical (unpaired) electrons. The minimum atomic E-state index is -0.715. The summed E-state index contributed by atoms with van der Waals surface area (Å²) in [7, 11) is 2.10. The molecule has 0 saturated carbocycles. The molecule has 1 aliphatic heterocycles. The van der Waals surface area contributed by atoms with Gasteiger partial charge in [-0.15, -0.1) is 0 Å². The maximum atomic E-state index is 13.5. The van der Waals surface area contributed by atoms with Crippen molar-refractivity contribution in [3.05, 3.63) is 118 Å². The van der Waals surface area contributed by atoms with Gasteiger partial charge in [0.2, 0.25) is 0 Å². The van der Waals surface area contributed by atoms with E-state index in [9.17, 15) is 18.4 Å². The zero-order valence-corrected chi connectivity index (χ0v) is 20.5. The van der Waals surface area contributed by atoms with E-state index in [4.69, 9.17) is 9.47 Å². The number of carbonyl (C=O) groups excluding carboxylic acids is 2. The molecule has 190 valence electrons. The number of ether oxygens (including phenoxy) is 2. The fourth-order valence-corrected chi connectivity index (χ4v) is 5.32. The molecule has 0 saturated heterocycles. The Morgan fingerprint density at radius 3 is 2.08 bits per heavy atom. The first-order chi connectivity index (χ1) is 18.4. The van der Waals surface area contributed by atoms with Crippen LogP contribution in [0.15, 0.2) is 78.9 Å². The smallest absolute Gasteiger partial charge is 0.343 e. The zero-order chi connectivity index (χ0) is 26.4. The van der Waals surface area contributed by atoms with Crippen LogP contribution >= 0.6 is 0 Å². The average molecular weight is 512 g/mol. The van der Waals surface area contributed by atoms with Gasteiger partial charge < -0.3 is 9.47 Å². The number of carbonyl (C=O) groups is 2. The number of esters is 2. The van der Waals surface area contributed by atoms with Crippen LogP contribution in [0.25, 0.3) is 11.1 Å². The van der Waals surface area contributed by atoms with E-state index in [1.54, 1.807) is 6.07 Å². The molecule has 38 heavy (non-hydrogen) atoms. The Morgan fingerprint density at radius 2 is 1.42 bits per heavy atom. The van der Waals surface area contributed by atoms with Gasteiger partial charge in [-0.2, -0.15) is 0 Å². The van der Waals surface area contributed by atoms with Crippen LogP contribution in [0.4, 0.5) is 8.78 Å². The third-order valence-corrected chi connectivity index (χ3v) is 7.24. The Morgan fingerprint density at radius 1 is 0.789 bits per heavy atom. The van der Waals surface area contributed by atoms with Crippen LogP contribution < -0.4 is 9.47 Å². The molecule has 0 aromatic heterocycles. The lowest BCUT2D eigenvalue weighted by Crippen LogP contribution is -2.35. The number of fused-ring (bicyclic) bond motifs is 2. The van der Waals surface area contributed by atoms with Crippen LogP contribution in [0.2, 0.25) is 0 Å². The summed E-state index contributed by atoms with van der Waals surface area (Å²) in [6, 6.07) is 19.8. The molecule has 5 nitrogen and oxygen atoms in total. The summed E-state index contributed by atoms with van der Waals surface area (Å²) < 4.78 is 38.5. The van der Waals surface area contributed by atoms with Crippen LogP contribution in [0.3, 0.4) is 0 Å². The number of hydrogen-bond donors (Lipinski definition) is 0. The van der Waals surface area contributed by atoms with Gasteiger partial charge in [0.15, 0.2) is 11.5 Å². The number of hydrogen-bond acceptors (Lipinski definition) is 5. The first kappa shape index (κ1) is 24.0. The summed E-state index contributed by atoms with van der Waals surface area (Å²) >= 11 is 0. The molecule has 0 spiro atoms. The van der Waals surface area contributed by atoms with Crippen molar-refractivity contribution in [2.75, 3.05) is 13.6 Å². The van der Waals surface area contributed by atoms with Gasteiger partial charge in [-0.1, -0.05) is 24.3 Å². The summed E-state index contributed by atoms with van der Waals surface area (Å²) in [5.74, 6) is -2.19. The van der Waals surface area contributed by atoms with Gasteiger partial charge in [-0.05, 0) is 96.7 Å². The van der Waals surface area contributed by atoms with Gasteiger partial charge in [0, 0.05) is 18.2 Å². The van der Waals surface area contributed by atoms with Crippen LogP contribution in [0, 0.1) is 11.6 Å². The third-order valence-electron chi connectivity index (χ3n) is 7.24. The lowest BCUT2D eigenvalue weighted by atomic mass is 9.77. The minimum Gasteiger partial charge on any atom is -0.419 e. The highest BCUT2D eigenvalue weighted by Crippen LogP contribution is 2.51. The topological polar surface area (TPSA) is 55.8 Å². The second-order valence-electron chi connectivity index (χ2n) is 9.55. The summed E-state index contributed by atoms with van der Waals surface area (Å²) in [6.07, 6.45) is 1.60. The zero-order valence-electron chi connectivity index (χ0n) is 20.5. The van der Waals surface area contributed by atoms with Gasteiger partial charge in [-0.25, -0.2) is 18.4 Å². The number of likely N-dealkylation sites (N-methyl/N-ethyl adjacent to an activating group) is 1. The molecule has 7 heteroatoms. The molecule has 1 heterocycles. The van der Waals surface area contributed by atoms with Crippen molar-refractivity contribution < 1.29 is 27.8 Å². The van der Waals surface area contributed by atoms with Gasteiger partial charge >= 0.3 is 11.9 Å². The van der Waals surface area contributed by atoms with E-state index in [0.717, 1.165) is 24.1 Å². The summed E-state index contributed by atoms with van der Waals surface area (Å²) in [5, 5.41) is 0. The van der Waals surface area contributed by atoms with Crippen molar-refractivity contribution in [1.82, 2.24) is 4.90 Å². The minimum absolute atomic E-state index is 0.0637. The van der Waals surface area contributed by atoms with E-state index in [0.29, 0.717) is 12.0 Å². The largest absolute Gasteiger partial charge is 0.419 e. The van der Waals surface area contributed by atoms with Gasteiger partial charge in [0.1, 0.15) is 11.6 Å². The standard InChI is InChI=1S/C31H23F2NO4/c1-34-16-15-18-3-2-4-24-27(18)25(34)17-21-9-14-26(37-30(35)19-5-10-22(32)11-6-19)29(28(21)24)38-31(36)20-7-12-23(33)13-8-20/h2-14,25H,15-17H2,1H3/t25-/m1/s1. The molecule has 4 aromatic carbocycles. The molecular formula is C31H23F2NO4. The third kappa shape index (κ3) is 4.25. The molecule has 0 fully saturated rings.